The molecule has 1 unspecified atom stereocenters. The van der Waals surface area contributed by atoms with E-state index in [0.717, 1.165) is 0 Å². The second-order valence-electron chi connectivity index (χ2n) is 3.58. The Hall–Kier alpha value is -0.980. The zero-order chi connectivity index (χ0) is 12.0. The summed E-state index contributed by atoms with van der Waals surface area (Å²) in [6.45, 7) is 1.84. The van der Waals surface area contributed by atoms with E-state index in [-0.39, 0.29) is 17.5 Å². The number of rotatable bonds is 6. The Morgan fingerprint density at radius 2 is 2.31 bits per heavy atom. The summed E-state index contributed by atoms with van der Waals surface area (Å²) in [5, 5.41) is 8.64. The average molecular weight is 244 g/mol. The maximum absolute atomic E-state index is 11.8. The molecule has 1 heterocycles. The third-order valence-corrected chi connectivity index (χ3v) is 3.67. The fourth-order valence-electron chi connectivity index (χ4n) is 1.30. The van der Waals surface area contributed by atoms with Gasteiger partial charge in [-0.3, -0.25) is 4.98 Å². The van der Waals surface area contributed by atoms with Crippen LogP contribution in [0.25, 0.3) is 0 Å². The van der Waals surface area contributed by atoms with Crippen LogP contribution in [0.5, 0.6) is 0 Å². The molecule has 0 saturated carbocycles. The van der Waals surface area contributed by atoms with Crippen molar-refractivity contribution in [2.45, 2.75) is 30.7 Å². The van der Waals surface area contributed by atoms with Crippen LogP contribution in [0.1, 0.15) is 19.8 Å². The standard InChI is InChI=1S/C10H16N2O3S/c1-9(4-3-7-13)12-16(14,15)10-5-2-6-11-8-10/h2,5-6,8-9,12-13H,3-4,7H2,1H3. The van der Waals surface area contributed by atoms with E-state index in [2.05, 4.69) is 9.71 Å². The molecular weight excluding hydrogens is 228 g/mol. The lowest BCUT2D eigenvalue weighted by molar-refractivity contribution is 0.279. The van der Waals surface area contributed by atoms with Crippen molar-refractivity contribution in [2.24, 2.45) is 0 Å². The topological polar surface area (TPSA) is 79.3 Å². The van der Waals surface area contributed by atoms with Crippen LogP contribution in [0.4, 0.5) is 0 Å². The molecule has 0 saturated heterocycles. The fourth-order valence-corrected chi connectivity index (χ4v) is 2.54. The van der Waals surface area contributed by atoms with Gasteiger partial charge in [-0.1, -0.05) is 0 Å². The summed E-state index contributed by atoms with van der Waals surface area (Å²) in [6, 6.07) is 2.87. The van der Waals surface area contributed by atoms with Crippen molar-refractivity contribution in [3.8, 4) is 0 Å². The van der Waals surface area contributed by atoms with Crippen LogP contribution in [0, 0.1) is 0 Å². The summed E-state index contributed by atoms with van der Waals surface area (Å²) in [5.41, 5.74) is 0. The van der Waals surface area contributed by atoms with E-state index < -0.39 is 10.0 Å². The summed E-state index contributed by atoms with van der Waals surface area (Å²) < 4.78 is 26.1. The summed E-state index contributed by atoms with van der Waals surface area (Å²) in [6.07, 6.45) is 4.02. The highest BCUT2D eigenvalue weighted by Crippen LogP contribution is 2.07. The number of hydrogen-bond donors (Lipinski definition) is 2. The molecule has 6 heteroatoms. The monoisotopic (exact) mass is 244 g/mol. The minimum atomic E-state index is -3.48. The van der Waals surface area contributed by atoms with Gasteiger partial charge >= 0.3 is 0 Å². The first-order valence-corrected chi connectivity index (χ1v) is 6.58. The smallest absolute Gasteiger partial charge is 0.242 e. The lowest BCUT2D eigenvalue weighted by Gasteiger charge is -2.13. The molecule has 1 aromatic heterocycles. The number of aromatic nitrogens is 1. The third-order valence-electron chi connectivity index (χ3n) is 2.10. The summed E-state index contributed by atoms with van der Waals surface area (Å²) in [4.78, 5) is 3.92. The molecule has 1 atom stereocenters. The molecule has 5 nitrogen and oxygen atoms in total. The van der Waals surface area contributed by atoms with Crippen molar-refractivity contribution >= 4 is 10.0 Å². The largest absolute Gasteiger partial charge is 0.396 e. The van der Waals surface area contributed by atoms with Crippen LogP contribution in [0.2, 0.25) is 0 Å². The molecular formula is C10H16N2O3S. The van der Waals surface area contributed by atoms with Crippen LogP contribution >= 0.6 is 0 Å². The quantitative estimate of drug-likeness (QED) is 0.764. The van der Waals surface area contributed by atoms with Crippen LogP contribution in [-0.2, 0) is 10.0 Å². The van der Waals surface area contributed by atoms with E-state index in [0.29, 0.717) is 12.8 Å². The lowest BCUT2D eigenvalue weighted by atomic mass is 10.2. The molecule has 0 aliphatic heterocycles. The van der Waals surface area contributed by atoms with Gasteiger partial charge in [-0.2, -0.15) is 0 Å². The predicted molar refractivity (Wildman–Crippen MR) is 60.3 cm³/mol. The van der Waals surface area contributed by atoms with Gasteiger partial charge in [-0.15, -0.1) is 0 Å². The molecule has 16 heavy (non-hydrogen) atoms. The number of sulfonamides is 1. The molecule has 0 radical (unpaired) electrons. The Morgan fingerprint density at radius 1 is 1.56 bits per heavy atom. The SMILES string of the molecule is CC(CCCO)NS(=O)(=O)c1cccnc1. The number of hydrogen-bond acceptors (Lipinski definition) is 4. The second-order valence-corrected chi connectivity index (χ2v) is 5.29. The number of aliphatic hydroxyl groups excluding tert-OH is 1. The summed E-state index contributed by atoms with van der Waals surface area (Å²) in [7, 11) is -3.48. The highest BCUT2D eigenvalue weighted by molar-refractivity contribution is 7.89. The molecule has 0 aromatic carbocycles. The van der Waals surface area contributed by atoms with Crippen molar-refractivity contribution in [3.05, 3.63) is 24.5 Å². The zero-order valence-electron chi connectivity index (χ0n) is 9.13. The second kappa shape index (κ2) is 5.93. The highest BCUT2D eigenvalue weighted by Gasteiger charge is 2.16. The van der Waals surface area contributed by atoms with Crippen molar-refractivity contribution in [2.75, 3.05) is 6.61 Å². The van der Waals surface area contributed by atoms with Crippen molar-refractivity contribution in [3.63, 3.8) is 0 Å². The molecule has 2 N–H and O–H groups in total. The average Bonchev–Trinajstić information content (AvgIpc) is 2.27. The Labute approximate surface area is 95.6 Å². The fraction of sp³-hybridized carbons (Fsp3) is 0.500. The van der Waals surface area contributed by atoms with Gasteiger partial charge < -0.3 is 5.11 Å². The first-order valence-electron chi connectivity index (χ1n) is 5.09. The maximum Gasteiger partial charge on any atom is 0.242 e. The Bertz CT molecular complexity index is 405. The first-order chi connectivity index (χ1) is 7.56. The van der Waals surface area contributed by atoms with Gasteiger partial charge in [0.05, 0.1) is 0 Å². The van der Waals surface area contributed by atoms with Crippen LogP contribution in [0.3, 0.4) is 0 Å². The van der Waals surface area contributed by atoms with Gasteiger partial charge in [-0.05, 0) is 31.9 Å². The first kappa shape index (κ1) is 13.1. The molecule has 0 aliphatic rings. The lowest BCUT2D eigenvalue weighted by Crippen LogP contribution is -2.32. The van der Waals surface area contributed by atoms with Crippen LogP contribution in [0.15, 0.2) is 29.4 Å². The van der Waals surface area contributed by atoms with Gasteiger partial charge in [0.2, 0.25) is 10.0 Å². The molecule has 0 amide bonds. The van der Waals surface area contributed by atoms with E-state index in [1.165, 1.54) is 18.5 Å². The van der Waals surface area contributed by atoms with E-state index in [4.69, 9.17) is 5.11 Å². The minimum absolute atomic E-state index is 0.0684. The van der Waals surface area contributed by atoms with Crippen molar-refractivity contribution < 1.29 is 13.5 Å². The number of aliphatic hydroxyl groups is 1. The van der Waals surface area contributed by atoms with E-state index in [1.807, 2.05) is 0 Å². The normalized spacial score (nSPS) is 13.6. The van der Waals surface area contributed by atoms with Gasteiger partial charge in [0.25, 0.3) is 0 Å². The van der Waals surface area contributed by atoms with Crippen molar-refractivity contribution in [1.82, 2.24) is 9.71 Å². The van der Waals surface area contributed by atoms with Gasteiger partial charge in [0, 0.05) is 25.0 Å². The number of nitrogens with one attached hydrogen (secondary N) is 1. The summed E-state index contributed by atoms with van der Waals surface area (Å²) in [5.74, 6) is 0. The van der Waals surface area contributed by atoms with E-state index in [9.17, 15) is 8.42 Å². The molecule has 1 rings (SSSR count). The minimum Gasteiger partial charge on any atom is -0.396 e. The Balaban J connectivity index is 2.66. The maximum atomic E-state index is 11.8. The van der Waals surface area contributed by atoms with Gasteiger partial charge in [0.1, 0.15) is 4.90 Å². The highest BCUT2D eigenvalue weighted by atomic mass is 32.2. The molecule has 1 aromatic rings. The Morgan fingerprint density at radius 3 is 2.88 bits per heavy atom. The molecule has 0 fully saturated rings. The molecule has 90 valence electrons. The van der Waals surface area contributed by atoms with Crippen LogP contribution in [-0.4, -0.2) is 31.2 Å². The number of nitrogens with zero attached hydrogens (tertiary/aromatic N) is 1. The van der Waals surface area contributed by atoms with Gasteiger partial charge in [0.15, 0.2) is 0 Å². The zero-order valence-corrected chi connectivity index (χ0v) is 9.94. The van der Waals surface area contributed by atoms with Crippen molar-refractivity contribution in [1.29, 1.82) is 0 Å². The van der Waals surface area contributed by atoms with Crippen LogP contribution < -0.4 is 4.72 Å². The molecule has 0 aliphatic carbocycles. The number of pyridine rings is 1. The van der Waals surface area contributed by atoms with E-state index in [1.54, 1.807) is 13.0 Å². The molecule has 0 spiro atoms. The third kappa shape index (κ3) is 3.88. The van der Waals surface area contributed by atoms with E-state index >= 15 is 0 Å². The van der Waals surface area contributed by atoms with Gasteiger partial charge in [-0.25, -0.2) is 13.1 Å². The predicted octanol–water partition coefficient (Wildman–Crippen LogP) is 0.521. The Kier molecular flexibility index (Phi) is 4.85. The summed E-state index contributed by atoms with van der Waals surface area (Å²) >= 11 is 0. The molecule has 0 bridgehead atoms.